The van der Waals surface area contributed by atoms with Gasteiger partial charge in [0, 0.05) is 20.8 Å². The minimum absolute atomic E-state index is 0. The molecule has 0 saturated carbocycles. The summed E-state index contributed by atoms with van der Waals surface area (Å²) in [4.78, 5) is 38.4. The summed E-state index contributed by atoms with van der Waals surface area (Å²) in [5.41, 5.74) is 0. The van der Waals surface area contributed by atoms with E-state index >= 15 is 0 Å². The van der Waals surface area contributed by atoms with Crippen molar-refractivity contribution in [1.82, 2.24) is 0 Å². The normalized spacial score (nSPS) is 13.5. The van der Waals surface area contributed by atoms with E-state index in [1.807, 2.05) is 0 Å². The Morgan fingerprint density at radius 1 is 0.462 bits per heavy atom. The fourth-order valence-corrected chi connectivity index (χ4v) is 7.86. The van der Waals surface area contributed by atoms with E-state index in [2.05, 4.69) is 6.92 Å². The molecule has 26 heteroatoms. The summed E-state index contributed by atoms with van der Waals surface area (Å²) in [5.74, 6) is -0.505. The van der Waals surface area contributed by atoms with Crippen molar-refractivity contribution < 1.29 is 98.6 Å². The summed E-state index contributed by atoms with van der Waals surface area (Å²) in [5, 5.41) is 0. The van der Waals surface area contributed by atoms with Crippen LogP contribution in [0.5, 0.6) is 17.2 Å². The number of carbonyl (C=O) groups is 3. The average molecular weight is 1030 g/mol. The molecule has 0 fully saturated rings. The van der Waals surface area contributed by atoms with Gasteiger partial charge in [-0.15, -0.1) is 0 Å². The van der Waals surface area contributed by atoms with E-state index in [0.717, 1.165) is 111 Å². The summed E-state index contributed by atoms with van der Waals surface area (Å²) in [6.45, 7) is 6.42. The van der Waals surface area contributed by atoms with Gasteiger partial charge in [0.2, 0.25) is 18.7 Å². The zero-order valence-corrected chi connectivity index (χ0v) is 37.7. The predicted octanol–water partition coefficient (Wildman–Crippen LogP) is 3.21. The molecule has 0 aliphatic carbocycles. The number of carbonyl (C=O) groups excluding carboxylic acids is 3. The minimum atomic E-state index is -4.55. The second-order valence-corrected chi connectivity index (χ2v) is 18.2. The number of nitrogens with zero attached hydrogens (tertiary/aromatic N) is 1. The summed E-state index contributed by atoms with van der Waals surface area (Å²) in [6.07, 6.45) is 1.53. The van der Waals surface area contributed by atoms with Crippen LogP contribution >= 0.6 is 0 Å². The Balaban J connectivity index is 0. The van der Waals surface area contributed by atoms with Crippen molar-refractivity contribution in [3.05, 3.63) is 72.8 Å². The van der Waals surface area contributed by atoms with Crippen molar-refractivity contribution in [3.63, 3.8) is 0 Å². The van der Waals surface area contributed by atoms with Crippen LogP contribution in [0.15, 0.2) is 87.5 Å². The van der Waals surface area contributed by atoms with Crippen LogP contribution in [0.4, 0.5) is 14.4 Å². The molecule has 0 heterocycles. The summed E-state index contributed by atoms with van der Waals surface area (Å²) in [6, 6.07) is 12.5. The molecule has 19 nitrogen and oxygen atoms in total. The third-order valence-electron chi connectivity index (χ3n) is 9.70. The topological polar surface area (TPSA) is 270 Å². The van der Waals surface area contributed by atoms with Crippen LogP contribution in [0.3, 0.4) is 0 Å². The van der Waals surface area contributed by atoms with Crippen LogP contribution in [0.2, 0.25) is 0 Å². The quantitative estimate of drug-likeness (QED) is 0.0180. The standard InChI is InChI=1S/C39H51NO18S3.ClH.3Na.3H/c1-5-6-7-8-9-10-11-12-13-14-27-40(28(2)53-37(41)56-31-15-21-34(22-16-31)59(44,45)46,29(3)54-38(42)57-32-17-23-35(24-18-32)60(47,48)49)30(4)55-39(43)58-33-19-25-36(26-20-33)61(50,51)52;;;;;;;/h15-26,28-30H,5-14,27H2,1-4H3,(H2-,44,45,46,47,48,49,50,51,52);1H;;;;;;. The summed E-state index contributed by atoms with van der Waals surface area (Å²) in [7, 11) is -13.6. The molecule has 3 aromatic rings. The maximum absolute atomic E-state index is 13.3. The van der Waals surface area contributed by atoms with Crippen molar-refractivity contribution in [2.24, 2.45) is 0 Å². The van der Waals surface area contributed by atoms with E-state index in [0.29, 0.717) is 12.8 Å². The second-order valence-electron chi connectivity index (χ2n) is 13.9. The first-order valence-electron chi connectivity index (χ1n) is 19.3. The molecule has 0 bridgehead atoms. The van der Waals surface area contributed by atoms with Crippen molar-refractivity contribution in [1.29, 1.82) is 0 Å². The molecule has 3 aromatic carbocycles. The first-order valence-corrected chi connectivity index (χ1v) is 23.6. The number of benzene rings is 3. The molecule has 0 aliphatic heterocycles. The van der Waals surface area contributed by atoms with Gasteiger partial charge in [-0.1, -0.05) is 58.3 Å². The van der Waals surface area contributed by atoms with Crippen LogP contribution in [-0.2, 0) is 44.6 Å². The molecule has 65 heavy (non-hydrogen) atoms. The fraction of sp³-hybridized carbons (Fsp3) is 0.462. The van der Waals surface area contributed by atoms with Gasteiger partial charge in [-0.2, -0.15) is 25.3 Å². The molecular formula is C39H55ClNNa3O18S3. The van der Waals surface area contributed by atoms with Gasteiger partial charge in [-0.3, -0.25) is 13.7 Å². The number of halogens is 1. The van der Waals surface area contributed by atoms with Gasteiger partial charge >= 0.3 is 107 Å². The van der Waals surface area contributed by atoms with Gasteiger partial charge in [0.1, 0.15) is 17.2 Å². The zero-order valence-electron chi connectivity index (χ0n) is 34.5. The van der Waals surface area contributed by atoms with E-state index in [9.17, 15) is 53.3 Å². The van der Waals surface area contributed by atoms with Crippen molar-refractivity contribution >= 4 is 137 Å². The van der Waals surface area contributed by atoms with E-state index < -0.39 is 86.7 Å². The van der Waals surface area contributed by atoms with Gasteiger partial charge in [-0.05, 0) is 85.6 Å². The Morgan fingerprint density at radius 3 is 0.923 bits per heavy atom. The van der Waals surface area contributed by atoms with Gasteiger partial charge in [-0.25, -0.2) is 18.9 Å². The molecule has 0 radical (unpaired) electrons. The first kappa shape index (κ1) is 65.5. The molecule has 3 unspecified atom stereocenters. The predicted molar refractivity (Wildman–Crippen MR) is 237 cm³/mol. The van der Waals surface area contributed by atoms with E-state index in [-0.39, 0.29) is 125 Å². The maximum atomic E-state index is 13.3. The van der Waals surface area contributed by atoms with Gasteiger partial charge in [0.15, 0.2) is 0 Å². The Hall–Kier alpha value is -1.55. The Kier molecular flexibility index (Phi) is 31.1. The molecule has 3 rings (SSSR count). The Labute approximate surface area is 453 Å². The molecule has 0 saturated heterocycles. The van der Waals surface area contributed by atoms with Gasteiger partial charge < -0.3 is 40.8 Å². The van der Waals surface area contributed by atoms with Gasteiger partial charge in [0.25, 0.3) is 30.4 Å². The van der Waals surface area contributed by atoms with Crippen molar-refractivity contribution in [2.75, 3.05) is 6.54 Å². The summed E-state index contributed by atoms with van der Waals surface area (Å²) >= 11 is 0. The molecule has 3 atom stereocenters. The molecule has 352 valence electrons. The molecule has 3 N–H and O–H groups in total. The number of unbranched alkanes of at least 4 members (excludes halogenated alkanes) is 9. The van der Waals surface area contributed by atoms with Crippen LogP contribution in [0, 0.1) is 0 Å². The zero-order chi connectivity index (χ0) is 45.4. The first-order chi connectivity index (χ1) is 28.6. The number of hydrogen-bond donors (Lipinski definition) is 3. The summed E-state index contributed by atoms with van der Waals surface area (Å²) < 4.78 is 129. The van der Waals surface area contributed by atoms with E-state index in [1.165, 1.54) is 33.6 Å². The SMILES string of the molecule is CCCCCCCCCCCC[N+](C(C)OC(=O)Oc1ccc(S(=O)(=O)O)cc1)(C(C)OC(=O)Oc1ccc(S(=O)(=O)O)cc1)C(C)OC(=O)Oc1ccc(S(=O)(=O)O)cc1.[Cl-].[NaH].[NaH].[NaH]. The fourth-order valence-electron chi connectivity index (χ4n) is 6.42. The van der Waals surface area contributed by atoms with Crippen LogP contribution in [0.1, 0.15) is 91.9 Å². The van der Waals surface area contributed by atoms with Crippen molar-refractivity contribution in [2.45, 2.75) is 125 Å². The van der Waals surface area contributed by atoms with E-state index in [1.54, 1.807) is 0 Å². The molecule has 0 amide bonds. The van der Waals surface area contributed by atoms with Crippen LogP contribution < -0.4 is 26.6 Å². The molecule has 0 aromatic heterocycles. The number of rotatable bonds is 23. The van der Waals surface area contributed by atoms with E-state index in [4.69, 9.17) is 28.4 Å². The number of hydrogen-bond acceptors (Lipinski definition) is 15. The van der Waals surface area contributed by atoms with Crippen LogP contribution in [0.25, 0.3) is 0 Å². The third kappa shape index (κ3) is 22.2. The Morgan fingerprint density at radius 2 is 0.692 bits per heavy atom. The van der Waals surface area contributed by atoms with Crippen LogP contribution in [-0.4, -0.2) is 176 Å². The third-order valence-corrected chi connectivity index (χ3v) is 12.3. The molecular weight excluding hydrogens is 971 g/mol. The molecule has 0 aliphatic rings. The second kappa shape index (κ2) is 30.8. The monoisotopic (exact) mass is 1030 g/mol. The molecule has 0 spiro atoms. The number of quaternary nitrogens is 1. The average Bonchev–Trinajstić information content (AvgIpc) is 3.16. The Bertz CT molecular complexity index is 2020. The van der Waals surface area contributed by atoms with Gasteiger partial charge in [0.05, 0.1) is 21.2 Å². The number of ether oxygens (including phenoxy) is 6. The van der Waals surface area contributed by atoms with Crippen molar-refractivity contribution in [3.8, 4) is 17.2 Å².